The second kappa shape index (κ2) is 2.21. The van der Waals surface area contributed by atoms with Gasteiger partial charge in [0, 0.05) is 5.54 Å². The highest BCUT2D eigenvalue weighted by Gasteiger charge is 2.52. The molecular weight excluding hydrogens is 158 g/mol. The molecule has 1 atom stereocenters. The summed E-state index contributed by atoms with van der Waals surface area (Å²) in [5, 5.41) is 11.4. The Balaban J connectivity index is 1.99. The van der Waals surface area contributed by atoms with Crippen molar-refractivity contribution in [3.8, 4) is 0 Å². The minimum absolute atomic E-state index is 0.0111. The number of hydrogen-bond acceptors (Lipinski definition) is 2. The number of carboxylic acid groups (broad SMARTS) is 1. The summed E-state index contributed by atoms with van der Waals surface area (Å²) in [4.78, 5) is 21.5. The average molecular weight is 169 g/mol. The van der Waals surface area contributed by atoms with Crippen LogP contribution in [-0.2, 0) is 9.59 Å². The molecule has 0 aromatic rings. The molecule has 12 heavy (non-hydrogen) atoms. The van der Waals surface area contributed by atoms with Crippen LogP contribution in [0.25, 0.3) is 0 Å². The van der Waals surface area contributed by atoms with Crippen molar-refractivity contribution in [2.75, 3.05) is 0 Å². The Labute approximate surface area is 69.9 Å². The van der Waals surface area contributed by atoms with Crippen LogP contribution in [0.4, 0.5) is 0 Å². The third kappa shape index (κ3) is 1.17. The molecule has 1 spiro atoms. The van der Waals surface area contributed by atoms with Gasteiger partial charge in [-0.05, 0) is 19.3 Å². The topological polar surface area (TPSA) is 66.4 Å². The molecule has 0 aromatic heterocycles. The van der Waals surface area contributed by atoms with E-state index in [2.05, 4.69) is 5.32 Å². The fourth-order valence-electron chi connectivity index (χ4n) is 1.83. The zero-order valence-electron chi connectivity index (χ0n) is 6.67. The summed E-state index contributed by atoms with van der Waals surface area (Å²) in [6, 6.07) is 0. The molecule has 2 rings (SSSR count). The third-order valence-corrected chi connectivity index (χ3v) is 2.67. The molecule has 2 N–H and O–H groups in total. The molecule has 1 heterocycles. The van der Waals surface area contributed by atoms with E-state index < -0.39 is 5.97 Å². The zero-order valence-corrected chi connectivity index (χ0v) is 6.67. The minimum Gasteiger partial charge on any atom is -0.481 e. The Morgan fingerprint density at radius 2 is 2.33 bits per heavy atom. The lowest BCUT2D eigenvalue weighted by molar-refractivity contribution is -0.140. The summed E-state index contributed by atoms with van der Waals surface area (Å²) in [7, 11) is 0. The Hall–Kier alpha value is -1.06. The summed E-state index contributed by atoms with van der Waals surface area (Å²) < 4.78 is 0. The monoisotopic (exact) mass is 169 g/mol. The maximum atomic E-state index is 11.2. The lowest BCUT2D eigenvalue weighted by Crippen LogP contribution is -2.27. The Morgan fingerprint density at radius 3 is 2.75 bits per heavy atom. The van der Waals surface area contributed by atoms with Crippen molar-refractivity contribution in [1.29, 1.82) is 0 Å². The molecule has 2 fully saturated rings. The zero-order chi connectivity index (χ0) is 8.77. The van der Waals surface area contributed by atoms with Gasteiger partial charge in [0.15, 0.2) is 0 Å². The molecule has 1 saturated heterocycles. The number of carbonyl (C=O) groups is 2. The van der Waals surface area contributed by atoms with Gasteiger partial charge in [-0.3, -0.25) is 9.59 Å². The highest BCUT2D eigenvalue weighted by Crippen LogP contribution is 2.45. The van der Waals surface area contributed by atoms with Crippen LogP contribution in [0.1, 0.15) is 25.7 Å². The van der Waals surface area contributed by atoms with Crippen LogP contribution in [0, 0.1) is 5.92 Å². The van der Waals surface area contributed by atoms with E-state index in [0.717, 1.165) is 19.3 Å². The van der Waals surface area contributed by atoms with E-state index >= 15 is 0 Å². The van der Waals surface area contributed by atoms with Gasteiger partial charge >= 0.3 is 5.97 Å². The number of hydrogen-bond donors (Lipinski definition) is 2. The van der Waals surface area contributed by atoms with E-state index in [4.69, 9.17) is 5.11 Å². The highest BCUT2D eigenvalue weighted by molar-refractivity contribution is 5.86. The molecule has 0 radical (unpaired) electrons. The average Bonchev–Trinajstić information content (AvgIpc) is 2.59. The van der Waals surface area contributed by atoms with Crippen molar-refractivity contribution >= 4 is 11.9 Å². The third-order valence-electron chi connectivity index (χ3n) is 2.67. The van der Waals surface area contributed by atoms with Gasteiger partial charge in [0.05, 0.1) is 12.3 Å². The van der Waals surface area contributed by atoms with Crippen LogP contribution in [-0.4, -0.2) is 22.5 Å². The number of amides is 1. The Morgan fingerprint density at radius 1 is 1.67 bits per heavy atom. The largest absolute Gasteiger partial charge is 0.481 e. The van der Waals surface area contributed by atoms with Crippen LogP contribution < -0.4 is 5.32 Å². The van der Waals surface area contributed by atoms with E-state index in [9.17, 15) is 9.59 Å². The van der Waals surface area contributed by atoms with Gasteiger partial charge in [-0.1, -0.05) is 0 Å². The smallest absolute Gasteiger partial charge is 0.304 e. The molecule has 0 bridgehead atoms. The maximum Gasteiger partial charge on any atom is 0.304 e. The van der Waals surface area contributed by atoms with Crippen LogP contribution in [0.2, 0.25) is 0 Å². The van der Waals surface area contributed by atoms with Crippen LogP contribution in [0.15, 0.2) is 0 Å². The van der Waals surface area contributed by atoms with Crippen LogP contribution in [0.5, 0.6) is 0 Å². The van der Waals surface area contributed by atoms with E-state index in [-0.39, 0.29) is 23.8 Å². The number of rotatable bonds is 2. The molecule has 1 amide bonds. The Kier molecular flexibility index (Phi) is 1.40. The molecule has 2 aliphatic rings. The first-order chi connectivity index (χ1) is 5.61. The lowest BCUT2D eigenvalue weighted by atomic mass is 10.0. The molecule has 1 saturated carbocycles. The molecular formula is C8H11NO3. The van der Waals surface area contributed by atoms with Gasteiger partial charge in [-0.2, -0.15) is 0 Å². The summed E-state index contributed by atoms with van der Waals surface area (Å²) in [6.07, 6.45) is 2.75. The van der Waals surface area contributed by atoms with Gasteiger partial charge < -0.3 is 10.4 Å². The Bertz CT molecular complexity index is 245. The molecule has 4 nitrogen and oxygen atoms in total. The standard InChI is InChI=1S/C8H11NO3/c10-6(11)3-5-4-8(1-2-8)9-7(5)12/h5H,1-4H2,(H,9,12)(H,10,11). The van der Waals surface area contributed by atoms with Gasteiger partial charge in [0.25, 0.3) is 0 Å². The molecule has 1 aliphatic heterocycles. The van der Waals surface area contributed by atoms with E-state index in [1.54, 1.807) is 0 Å². The first kappa shape index (κ1) is 7.58. The summed E-state index contributed by atoms with van der Waals surface area (Å²) >= 11 is 0. The first-order valence-corrected chi connectivity index (χ1v) is 4.15. The number of carboxylic acids is 1. The lowest BCUT2D eigenvalue weighted by Gasteiger charge is -2.02. The summed E-state index contributed by atoms with van der Waals surface area (Å²) in [5.74, 6) is -1.24. The van der Waals surface area contributed by atoms with E-state index in [0.29, 0.717) is 0 Å². The summed E-state index contributed by atoms with van der Waals surface area (Å²) in [5.41, 5.74) is 0.0111. The van der Waals surface area contributed by atoms with Crippen molar-refractivity contribution in [2.45, 2.75) is 31.2 Å². The van der Waals surface area contributed by atoms with E-state index in [1.165, 1.54) is 0 Å². The second-order valence-corrected chi connectivity index (χ2v) is 3.77. The SMILES string of the molecule is O=C(O)CC1CC2(CC2)NC1=O. The van der Waals surface area contributed by atoms with E-state index in [1.807, 2.05) is 0 Å². The van der Waals surface area contributed by atoms with Crippen LogP contribution >= 0.6 is 0 Å². The highest BCUT2D eigenvalue weighted by atomic mass is 16.4. The van der Waals surface area contributed by atoms with Gasteiger partial charge in [-0.15, -0.1) is 0 Å². The second-order valence-electron chi connectivity index (χ2n) is 3.77. The van der Waals surface area contributed by atoms with Gasteiger partial charge in [0.2, 0.25) is 5.91 Å². The normalized spacial score (nSPS) is 30.3. The number of aliphatic carboxylic acids is 1. The van der Waals surface area contributed by atoms with Crippen molar-refractivity contribution in [2.24, 2.45) is 5.92 Å². The van der Waals surface area contributed by atoms with Gasteiger partial charge in [-0.25, -0.2) is 0 Å². The number of nitrogens with one attached hydrogen (secondary N) is 1. The predicted molar refractivity (Wildman–Crippen MR) is 40.5 cm³/mol. The number of carbonyl (C=O) groups excluding carboxylic acids is 1. The molecule has 66 valence electrons. The summed E-state index contributed by atoms with van der Waals surface area (Å²) in [6.45, 7) is 0. The van der Waals surface area contributed by atoms with Crippen molar-refractivity contribution in [3.05, 3.63) is 0 Å². The molecule has 0 aromatic carbocycles. The fourth-order valence-corrected chi connectivity index (χ4v) is 1.83. The predicted octanol–water partition coefficient (Wildman–Crippen LogP) is 0.130. The maximum absolute atomic E-state index is 11.2. The van der Waals surface area contributed by atoms with Crippen molar-refractivity contribution in [1.82, 2.24) is 5.32 Å². The van der Waals surface area contributed by atoms with Crippen LogP contribution in [0.3, 0.4) is 0 Å². The molecule has 1 aliphatic carbocycles. The molecule has 4 heteroatoms. The quantitative estimate of drug-likeness (QED) is 0.617. The minimum atomic E-state index is -0.882. The van der Waals surface area contributed by atoms with Crippen molar-refractivity contribution in [3.63, 3.8) is 0 Å². The van der Waals surface area contributed by atoms with Gasteiger partial charge in [0.1, 0.15) is 0 Å². The fraction of sp³-hybridized carbons (Fsp3) is 0.750. The molecule has 1 unspecified atom stereocenters. The first-order valence-electron chi connectivity index (χ1n) is 4.15. The van der Waals surface area contributed by atoms with Crippen molar-refractivity contribution < 1.29 is 14.7 Å².